The summed E-state index contributed by atoms with van der Waals surface area (Å²) < 4.78 is 4.37. The number of anilines is 2. The predicted molar refractivity (Wildman–Crippen MR) is 125 cm³/mol. The van der Waals surface area contributed by atoms with E-state index in [2.05, 4.69) is 59.4 Å². The van der Waals surface area contributed by atoms with E-state index < -0.39 is 0 Å². The monoisotopic (exact) mass is 426 g/mol. The molecule has 1 N–H and O–H groups in total. The van der Waals surface area contributed by atoms with Gasteiger partial charge in [0.2, 0.25) is 0 Å². The predicted octanol–water partition coefficient (Wildman–Crippen LogP) is 2.81. The maximum atomic E-state index is 9.61. The van der Waals surface area contributed by atoms with Gasteiger partial charge in [-0.3, -0.25) is 4.40 Å². The van der Waals surface area contributed by atoms with Crippen molar-refractivity contribution in [3.8, 4) is 6.07 Å². The van der Waals surface area contributed by atoms with Gasteiger partial charge in [-0.15, -0.1) is 0 Å². The number of hydrogen-bond acceptors (Lipinski definition) is 6. The molecule has 2 fully saturated rings. The summed E-state index contributed by atoms with van der Waals surface area (Å²) in [5.41, 5.74) is 2.62. The van der Waals surface area contributed by atoms with Crippen molar-refractivity contribution < 1.29 is 0 Å². The molecule has 32 heavy (non-hydrogen) atoms. The number of nitrogens with one attached hydrogen (secondary N) is 1. The summed E-state index contributed by atoms with van der Waals surface area (Å²) >= 11 is 0. The number of hydrogen-bond donors (Lipinski definition) is 1. The molecule has 162 valence electrons. The minimum atomic E-state index is 0.410. The Hall–Kier alpha value is -3.57. The van der Waals surface area contributed by atoms with Gasteiger partial charge in [-0.2, -0.15) is 5.26 Å². The summed E-state index contributed by atoms with van der Waals surface area (Å²) in [5, 5.41) is 13.9. The Morgan fingerprint density at radius 3 is 2.66 bits per heavy atom. The number of rotatable bonds is 4. The van der Waals surface area contributed by atoms with E-state index in [0.29, 0.717) is 17.6 Å². The minimum absolute atomic E-state index is 0.410. The molecule has 4 aromatic heterocycles. The molecule has 0 aromatic carbocycles. The lowest BCUT2D eigenvalue weighted by atomic mass is 9.87. The molecule has 2 aliphatic rings. The highest BCUT2D eigenvalue weighted by atomic mass is 15.3. The molecule has 1 aliphatic carbocycles. The van der Waals surface area contributed by atoms with E-state index in [1.165, 1.54) is 5.82 Å². The maximum Gasteiger partial charge on any atom is 0.143 e. The number of imidazole rings is 1. The zero-order valence-corrected chi connectivity index (χ0v) is 18.1. The molecule has 0 spiro atoms. The third-order valence-electron chi connectivity index (χ3n) is 7.03. The third kappa shape index (κ3) is 3.00. The first kappa shape index (κ1) is 19.1. The SMILES string of the molecule is CNC1CC(n2cc(C#N)c3ccc(N4CCN(c5cccc6nccn56)CC4)nc32)C1. The fraction of sp³-hybridized carbons (Fsp3) is 0.375. The van der Waals surface area contributed by atoms with Crippen LogP contribution in [0.4, 0.5) is 11.6 Å². The van der Waals surface area contributed by atoms with Gasteiger partial charge in [0.05, 0.1) is 5.56 Å². The molecule has 8 heteroatoms. The number of pyridine rings is 2. The van der Waals surface area contributed by atoms with Gasteiger partial charge in [-0.1, -0.05) is 6.07 Å². The standard InChI is InChI=1S/C24H26N8/c1-26-18-13-19(14-18)32-16-17(15-25)20-5-6-22(28-24(20)32)29-9-11-30(12-10-29)23-4-2-3-21-27-7-8-31(21)23/h2-8,16,18-19,26H,9-14H2,1H3. The minimum Gasteiger partial charge on any atom is -0.354 e. The van der Waals surface area contributed by atoms with Crippen molar-refractivity contribution >= 4 is 28.3 Å². The molecule has 0 atom stereocenters. The van der Waals surface area contributed by atoms with Gasteiger partial charge in [-0.05, 0) is 44.2 Å². The second-order valence-electron chi connectivity index (χ2n) is 8.73. The largest absolute Gasteiger partial charge is 0.354 e. The Kier molecular flexibility index (Phi) is 4.51. The van der Waals surface area contributed by atoms with E-state index in [9.17, 15) is 5.26 Å². The Morgan fingerprint density at radius 1 is 1.06 bits per heavy atom. The second kappa shape index (κ2) is 7.53. The van der Waals surface area contributed by atoms with Crippen LogP contribution in [0.2, 0.25) is 0 Å². The van der Waals surface area contributed by atoms with Crippen molar-refractivity contribution in [2.75, 3.05) is 43.0 Å². The molecule has 0 bridgehead atoms. The zero-order chi connectivity index (χ0) is 21.7. The van der Waals surface area contributed by atoms with E-state index in [4.69, 9.17) is 4.98 Å². The van der Waals surface area contributed by atoms with Crippen LogP contribution in [0, 0.1) is 11.3 Å². The van der Waals surface area contributed by atoms with Crippen molar-refractivity contribution in [1.29, 1.82) is 5.26 Å². The van der Waals surface area contributed by atoms with E-state index in [-0.39, 0.29) is 0 Å². The third-order valence-corrected chi connectivity index (χ3v) is 7.03. The van der Waals surface area contributed by atoms with Gasteiger partial charge in [0.1, 0.15) is 29.0 Å². The first-order chi connectivity index (χ1) is 15.7. The molecule has 0 radical (unpaired) electrons. The van der Waals surface area contributed by atoms with Crippen LogP contribution in [0.5, 0.6) is 0 Å². The lowest BCUT2D eigenvalue weighted by molar-refractivity contribution is 0.240. The number of fused-ring (bicyclic) bond motifs is 2. The summed E-state index contributed by atoms with van der Waals surface area (Å²) in [6.45, 7) is 3.66. The molecule has 1 saturated heterocycles. The summed E-state index contributed by atoms with van der Waals surface area (Å²) in [6.07, 6.45) is 8.01. The van der Waals surface area contributed by atoms with E-state index in [1.54, 1.807) is 0 Å². The van der Waals surface area contributed by atoms with Crippen LogP contribution >= 0.6 is 0 Å². The Bertz CT molecular complexity index is 1320. The fourth-order valence-electron chi connectivity index (χ4n) is 5.06. The highest BCUT2D eigenvalue weighted by molar-refractivity contribution is 5.85. The lowest BCUT2D eigenvalue weighted by Crippen LogP contribution is -2.47. The van der Waals surface area contributed by atoms with Crippen molar-refractivity contribution in [3.63, 3.8) is 0 Å². The van der Waals surface area contributed by atoms with Crippen molar-refractivity contribution in [2.24, 2.45) is 0 Å². The summed E-state index contributed by atoms with van der Waals surface area (Å²) in [4.78, 5) is 14.2. The molecular weight excluding hydrogens is 400 g/mol. The highest BCUT2D eigenvalue weighted by Crippen LogP contribution is 2.36. The highest BCUT2D eigenvalue weighted by Gasteiger charge is 2.31. The normalized spacial score (nSPS) is 21.1. The van der Waals surface area contributed by atoms with Crippen LogP contribution in [0.15, 0.2) is 48.9 Å². The Morgan fingerprint density at radius 2 is 1.88 bits per heavy atom. The Labute approximate surface area is 186 Å². The second-order valence-corrected chi connectivity index (χ2v) is 8.73. The van der Waals surface area contributed by atoms with Gasteiger partial charge in [0.25, 0.3) is 0 Å². The average Bonchev–Trinajstić information content (AvgIpc) is 3.43. The summed E-state index contributed by atoms with van der Waals surface area (Å²) in [5.74, 6) is 2.17. The van der Waals surface area contributed by atoms with Crippen LogP contribution in [0.25, 0.3) is 16.7 Å². The smallest absolute Gasteiger partial charge is 0.143 e. The van der Waals surface area contributed by atoms with Crippen LogP contribution < -0.4 is 15.1 Å². The quantitative estimate of drug-likeness (QED) is 0.541. The molecule has 1 aliphatic heterocycles. The molecule has 0 unspecified atom stereocenters. The topological polar surface area (TPSA) is 77.4 Å². The molecular formula is C24H26N8. The van der Waals surface area contributed by atoms with Gasteiger partial charge in [0.15, 0.2) is 0 Å². The summed E-state index contributed by atoms with van der Waals surface area (Å²) in [7, 11) is 2.01. The number of piperazine rings is 1. The van der Waals surface area contributed by atoms with E-state index in [1.807, 2.05) is 31.7 Å². The van der Waals surface area contributed by atoms with Gasteiger partial charge in [-0.25, -0.2) is 9.97 Å². The molecule has 5 heterocycles. The molecule has 6 rings (SSSR count). The molecule has 0 amide bonds. The summed E-state index contributed by atoms with van der Waals surface area (Å²) in [6, 6.07) is 13.7. The fourth-order valence-corrected chi connectivity index (χ4v) is 5.06. The van der Waals surface area contributed by atoms with Gasteiger partial charge >= 0.3 is 0 Å². The van der Waals surface area contributed by atoms with Crippen LogP contribution in [0.3, 0.4) is 0 Å². The van der Waals surface area contributed by atoms with Crippen molar-refractivity contribution in [2.45, 2.75) is 24.9 Å². The number of aromatic nitrogens is 4. The number of nitrogens with zero attached hydrogens (tertiary/aromatic N) is 7. The van der Waals surface area contributed by atoms with Crippen molar-refractivity contribution in [3.05, 3.63) is 54.5 Å². The lowest BCUT2D eigenvalue weighted by Gasteiger charge is -2.37. The van der Waals surface area contributed by atoms with E-state index in [0.717, 1.165) is 61.5 Å². The van der Waals surface area contributed by atoms with Crippen molar-refractivity contribution in [1.82, 2.24) is 24.3 Å². The first-order valence-electron chi connectivity index (χ1n) is 11.3. The maximum absolute atomic E-state index is 9.61. The number of nitriles is 1. The molecule has 1 saturated carbocycles. The van der Waals surface area contributed by atoms with Crippen LogP contribution in [0.1, 0.15) is 24.4 Å². The average molecular weight is 427 g/mol. The van der Waals surface area contributed by atoms with Crippen LogP contribution in [-0.4, -0.2) is 58.2 Å². The van der Waals surface area contributed by atoms with Gasteiger partial charge < -0.3 is 19.7 Å². The zero-order valence-electron chi connectivity index (χ0n) is 18.1. The Balaban J connectivity index is 1.25. The first-order valence-corrected chi connectivity index (χ1v) is 11.3. The van der Waals surface area contributed by atoms with E-state index >= 15 is 0 Å². The van der Waals surface area contributed by atoms with Crippen LogP contribution in [-0.2, 0) is 0 Å². The molecule has 4 aromatic rings. The van der Waals surface area contributed by atoms with Gasteiger partial charge in [0, 0.05) is 62.2 Å². The molecule has 8 nitrogen and oxygen atoms in total.